The molecular formula is C14H27IN4O. The van der Waals surface area contributed by atoms with Crippen LogP contribution in [-0.2, 0) is 6.42 Å². The third-order valence-electron chi connectivity index (χ3n) is 3.08. The van der Waals surface area contributed by atoms with Gasteiger partial charge >= 0.3 is 0 Å². The Morgan fingerprint density at radius 3 is 2.50 bits per heavy atom. The zero-order chi connectivity index (χ0) is 13.9. The van der Waals surface area contributed by atoms with E-state index in [0.717, 1.165) is 50.9 Å². The lowest BCUT2D eigenvalue weighted by atomic mass is 10.3. The van der Waals surface area contributed by atoms with E-state index in [9.17, 15) is 0 Å². The highest BCUT2D eigenvalue weighted by atomic mass is 127. The molecule has 1 aromatic rings. The quantitative estimate of drug-likeness (QED) is 0.402. The molecule has 0 aliphatic rings. The van der Waals surface area contributed by atoms with Gasteiger partial charge in [0.05, 0.1) is 6.26 Å². The predicted octanol–water partition coefficient (Wildman–Crippen LogP) is 1.95. The lowest BCUT2D eigenvalue weighted by Crippen LogP contribution is -2.42. The van der Waals surface area contributed by atoms with Crippen LogP contribution in [-0.4, -0.2) is 50.6 Å². The van der Waals surface area contributed by atoms with E-state index in [4.69, 9.17) is 4.42 Å². The minimum Gasteiger partial charge on any atom is -0.469 e. The first-order valence-corrected chi connectivity index (χ1v) is 6.99. The molecule has 0 amide bonds. The van der Waals surface area contributed by atoms with E-state index in [1.165, 1.54) is 0 Å². The molecule has 0 atom stereocenters. The second kappa shape index (κ2) is 12.0. The average molecular weight is 394 g/mol. The second-order valence-electron chi connectivity index (χ2n) is 4.28. The van der Waals surface area contributed by atoms with Crippen LogP contribution in [0, 0.1) is 0 Å². The fourth-order valence-electron chi connectivity index (χ4n) is 1.85. The van der Waals surface area contributed by atoms with Crippen LogP contribution in [0.4, 0.5) is 0 Å². The van der Waals surface area contributed by atoms with Crippen molar-refractivity contribution >= 4 is 29.9 Å². The zero-order valence-corrected chi connectivity index (χ0v) is 15.0. The highest BCUT2D eigenvalue weighted by Crippen LogP contribution is 1.99. The van der Waals surface area contributed by atoms with Crippen molar-refractivity contribution in [1.29, 1.82) is 0 Å². The summed E-state index contributed by atoms with van der Waals surface area (Å²) in [5.41, 5.74) is 0. The number of aliphatic imine (C=N–C) groups is 1. The molecule has 2 N–H and O–H groups in total. The van der Waals surface area contributed by atoms with Gasteiger partial charge in [-0.05, 0) is 25.2 Å². The Morgan fingerprint density at radius 1 is 1.25 bits per heavy atom. The molecule has 0 unspecified atom stereocenters. The van der Waals surface area contributed by atoms with Crippen LogP contribution >= 0.6 is 24.0 Å². The highest BCUT2D eigenvalue weighted by Gasteiger charge is 2.01. The average Bonchev–Trinajstić information content (AvgIpc) is 2.95. The van der Waals surface area contributed by atoms with Crippen molar-refractivity contribution in [3.63, 3.8) is 0 Å². The molecule has 0 aliphatic carbocycles. The van der Waals surface area contributed by atoms with Crippen LogP contribution in [0.3, 0.4) is 0 Å². The van der Waals surface area contributed by atoms with Crippen molar-refractivity contribution in [3.05, 3.63) is 24.2 Å². The van der Waals surface area contributed by atoms with Gasteiger partial charge in [-0.25, -0.2) is 0 Å². The third-order valence-corrected chi connectivity index (χ3v) is 3.08. The predicted molar refractivity (Wildman–Crippen MR) is 95.0 cm³/mol. The number of nitrogens with one attached hydrogen (secondary N) is 2. The number of halogens is 1. The van der Waals surface area contributed by atoms with Crippen LogP contribution in [0.1, 0.15) is 19.6 Å². The van der Waals surface area contributed by atoms with E-state index in [1.54, 1.807) is 13.3 Å². The van der Waals surface area contributed by atoms with E-state index in [2.05, 4.69) is 34.4 Å². The maximum absolute atomic E-state index is 5.28. The van der Waals surface area contributed by atoms with Crippen LogP contribution in [0.25, 0.3) is 0 Å². The number of nitrogens with zero attached hydrogens (tertiary/aromatic N) is 2. The van der Waals surface area contributed by atoms with E-state index < -0.39 is 0 Å². The van der Waals surface area contributed by atoms with Crippen molar-refractivity contribution in [2.24, 2.45) is 4.99 Å². The number of likely N-dealkylation sites (N-methyl/N-ethyl adjacent to an activating group) is 1. The molecule has 0 fully saturated rings. The maximum Gasteiger partial charge on any atom is 0.191 e. The van der Waals surface area contributed by atoms with Crippen molar-refractivity contribution in [2.75, 3.05) is 39.8 Å². The molecule has 0 radical (unpaired) electrons. The van der Waals surface area contributed by atoms with Gasteiger partial charge < -0.3 is 20.0 Å². The Kier molecular flexibility index (Phi) is 11.6. The molecule has 0 saturated heterocycles. The van der Waals surface area contributed by atoms with E-state index in [0.29, 0.717) is 0 Å². The lowest BCUT2D eigenvalue weighted by molar-refractivity contribution is 0.308. The van der Waals surface area contributed by atoms with Gasteiger partial charge in [0, 0.05) is 33.1 Å². The van der Waals surface area contributed by atoms with Crippen LogP contribution in [0.15, 0.2) is 27.8 Å². The van der Waals surface area contributed by atoms with Crippen molar-refractivity contribution in [3.8, 4) is 0 Å². The molecule has 116 valence electrons. The molecule has 1 heterocycles. The third kappa shape index (κ3) is 7.74. The Bertz CT molecular complexity index is 350. The zero-order valence-electron chi connectivity index (χ0n) is 12.7. The van der Waals surface area contributed by atoms with Crippen LogP contribution in [0.5, 0.6) is 0 Å². The molecule has 20 heavy (non-hydrogen) atoms. The summed E-state index contributed by atoms with van der Waals surface area (Å²) in [6, 6.07) is 3.89. The molecule has 1 aromatic heterocycles. The summed E-state index contributed by atoms with van der Waals surface area (Å²) in [6.07, 6.45) is 2.57. The number of hydrogen-bond acceptors (Lipinski definition) is 3. The van der Waals surface area contributed by atoms with Gasteiger partial charge in [-0.3, -0.25) is 4.99 Å². The van der Waals surface area contributed by atoms with Gasteiger partial charge in [-0.2, -0.15) is 0 Å². The molecular weight excluding hydrogens is 367 g/mol. The van der Waals surface area contributed by atoms with Crippen molar-refractivity contribution < 1.29 is 4.42 Å². The fraction of sp³-hybridized carbons (Fsp3) is 0.643. The van der Waals surface area contributed by atoms with Gasteiger partial charge in [-0.1, -0.05) is 13.8 Å². The summed E-state index contributed by atoms with van der Waals surface area (Å²) in [4.78, 5) is 6.58. The Labute approximate surface area is 139 Å². The molecule has 0 aromatic carbocycles. The molecule has 1 rings (SSSR count). The van der Waals surface area contributed by atoms with Crippen molar-refractivity contribution in [1.82, 2.24) is 15.5 Å². The maximum atomic E-state index is 5.28. The molecule has 0 bridgehead atoms. The number of rotatable bonds is 8. The van der Waals surface area contributed by atoms with Crippen molar-refractivity contribution in [2.45, 2.75) is 20.3 Å². The summed E-state index contributed by atoms with van der Waals surface area (Å²) < 4.78 is 5.28. The van der Waals surface area contributed by atoms with Gasteiger partial charge in [0.1, 0.15) is 5.76 Å². The van der Waals surface area contributed by atoms with E-state index in [1.807, 2.05) is 12.1 Å². The minimum absolute atomic E-state index is 0. The number of hydrogen-bond donors (Lipinski definition) is 2. The standard InChI is InChI=1S/C14H26N4O.HI/c1-4-18(5-2)11-10-17-14(15-3)16-9-8-13-7-6-12-19-13;/h6-7,12H,4-5,8-11H2,1-3H3,(H2,15,16,17);1H. The van der Waals surface area contributed by atoms with Gasteiger partial charge in [0.15, 0.2) is 5.96 Å². The van der Waals surface area contributed by atoms with Crippen LogP contribution < -0.4 is 10.6 Å². The topological polar surface area (TPSA) is 52.8 Å². The van der Waals surface area contributed by atoms with Gasteiger partial charge in [-0.15, -0.1) is 24.0 Å². The molecule has 0 saturated carbocycles. The molecule has 5 nitrogen and oxygen atoms in total. The number of guanidine groups is 1. The Hall–Kier alpha value is -0.760. The summed E-state index contributed by atoms with van der Waals surface area (Å²) in [5.74, 6) is 1.84. The smallest absolute Gasteiger partial charge is 0.191 e. The summed E-state index contributed by atoms with van der Waals surface area (Å²) in [6.45, 7) is 9.29. The second-order valence-corrected chi connectivity index (χ2v) is 4.28. The normalized spacial score (nSPS) is 11.3. The fourth-order valence-corrected chi connectivity index (χ4v) is 1.85. The van der Waals surface area contributed by atoms with Gasteiger partial charge in [0.25, 0.3) is 0 Å². The van der Waals surface area contributed by atoms with E-state index >= 15 is 0 Å². The molecule has 0 spiro atoms. The molecule has 0 aliphatic heterocycles. The highest BCUT2D eigenvalue weighted by molar-refractivity contribution is 14.0. The Balaban J connectivity index is 0.00000361. The van der Waals surface area contributed by atoms with E-state index in [-0.39, 0.29) is 24.0 Å². The summed E-state index contributed by atoms with van der Waals surface area (Å²) in [7, 11) is 1.79. The monoisotopic (exact) mass is 394 g/mol. The first-order valence-electron chi connectivity index (χ1n) is 6.99. The molecule has 6 heteroatoms. The first-order chi connectivity index (χ1) is 9.30. The Morgan fingerprint density at radius 2 is 1.95 bits per heavy atom. The largest absolute Gasteiger partial charge is 0.469 e. The van der Waals surface area contributed by atoms with Gasteiger partial charge in [0.2, 0.25) is 0 Å². The summed E-state index contributed by atoms with van der Waals surface area (Å²) >= 11 is 0. The number of furan rings is 1. The SMILES string of the molecule is CCN(CC)CCNC(=NC)NCCc1ccco1.I. The lowest BCUT2D eigenvalue weighted by Gasteiger charge is -2.19. The summed E-state index contributed by atoms with van der Waals surface area (Å²) in [5, 5.41) is 6.59. The minimum atomic E-state index is 0. The van der Waals surface area contributed by atoms with Crippen LogP contribution in [0.2, 0.25) is 0 Å². The first kappa shape index (κ1) is 19.2.